The Morgan fingerprint density at radius 2 is 2.00 bits per heavy atom. The minimum absolute atomic E-state index is 0.226. The molecule has 1 aromatic rings. The standard InChI is InChI=1S/C10H10F4N2O/c1-6-4-7(2-3-8(6)11)16-9(17)15-5-10(12,13)14/h2-4H,5H2,1H3,(H2,15,16,17). The summed E-state index contributed by atoms with van der Waals surface area (Å²) in [6, 6.07) is 2.71. The lowest BCUT2D eigenvalue weighted by molar-refractivity contribution is -0.122. The lowest BCUT2D eigenvalue weighted by Crippen LogP contribution is -2.36. The van der Waals surface area contributed by atoms with Crippen LogP contribution in [0.3, 0.4) is 0 Å². The van der Waals surface area contributed by atoms with Crippen LogP contribution in [-0.4, -0.2) is 18.8 Å². The minimum atomic E-state index is -4.46. The molecule has 2 amide bonds. The van der Waals surface area contributed by atoms with Gasteiger partial charge in [0.15, 0.2) is 0 Å². The molecular formula is C10H10F4N2O. The Hall–Kier alpha value is -1.79. The van der Waals surface area contributed by atoms with E-state index in [4.69, 9.17) is 0 Å². The summed E-state index contributed by atoms with van der Waals surface area (Å²) in [5.41, 5.74) is 0.516. The van der Waals surface area contributed by atoms with Crippen LogP contribution in [0.25, 0.3) is 0 Å². The molecule has 0 aliphatic rings. The molecule has 0 spiro atoms. The number of benzene rings is 1. The Balaban J connectivity index is 2.54. The molecule has 0 atom stereocenters. The van der Waals surface area contributed by atoms with Gasteiger partial charge in [-0.05, 0) is 30.7 Å². The number of halogens is 4. The number of urea groups is 1. The highest BCUT2D eigenvalue weighted by Gasteiger charge is 2.27. The van der Waals surface area contributed by atoms with Gasteiger partial charge in [-0.3, -0.25) is 0 Å². The monoisotopic (exact) mass is 250 g/mol. The van der Waals surface area contributed by atoms with Crippen LogP contribution in [0.4, 0.5) is 28.0 Å². The first-order valence-corrected chi connectivity index (χ1v) is 4.66. The third-order valence-corrected chi connectivity index (χ3v) is 1.87. The first-order chi connectivity index (χ1) is 7.78. The second-order valence-corrected chi connectivity index (χ2v) is 3.39. The second kappa shape index (κ2) is 5.03. The summed E-state index contributed by atoms with van der Waals surface area (Å²) in [5, 5.41) is 3.80. The number of alkyl halides is 3. The van der Waals surface area contributed by atoms with Crippen molar-refractivity contribution in [3.8, 4) is 0 Å². The zero-order valence-electron chi connectivity index (χ0n) is 8.86. The van der Waals surface area contributed by atoms with E-state index in [2.05, 4.69) is 5.32 Å². The van der Waals surface area contributed by atoms with E-state index >= 15 is 0 Å². The molecule has 0 fully saturated rings. The molecule has 0 aliphatic carbocycles. The van der Waals surface area contributed by atoms with E-state index < -0.39 is 24.6 Å². The van der Waals surface area contributed by atoms with Gasteiger partial charge < -0.3 is 10.6 Å². The van der Waals surface area contributed by atoms with E-state index in [0.717, 1.165) is 6.07 Å². The maximum atomic E-state index is 12.9. The molecule has 2 N–H and O–H groups in total. The van der Waals surface area contributed by atoms with Crippen LogP contribution in [0.1, 0.15) is 5.56 Å². The van der Waals surface area contributed by atoms with Crippen molar-refractivity contribution in [2.24, 2.45) is 0 Å². The maximum absolute atomic E-state index is 12.9. The van der Waals surface area contributed by atoms with Crippen LogP contribution < -0.4 is 10.6 Å². The van der Waals surface area contributed by atoms with E-state index in [1.165, 1.54) is 19.1 Å². The van der Waals surface area contributed by atoms with Gasteiger partial charge in [0.2, 0.25) is 0 Å². The van der Waals surface area contributed by atoms with Gasteiger partial charge in [-0.2, -0.15) is 13.2 Å². The van der Waals surface area contributed by atoms with Gasteiger partial charge in [0.1, 0.15) is 12.4 Å². The predicted octanol–water partition coefficient (Wildman–Crippen LogP) is 2.82. The molecule has 3 nitrogen and oxygen atoms in total. The SMILES string of the molecule is Cc1cc(NC(=O)NCC(F)(F)F)ccc1F. The predicted molar refractivity (Wildman–Crippen MR) is 54.2 cm³/mol. The average Bonchev–Trinajstić information content (AvgIpc) is 2.20. The average molecular weight is 250 g/mol. The molecule has 17 heavy (non-hydrogen) atoms. The van der Waals surface area contributed by atoms with Crippen molar-refractivity contribution in [2.75, 3.05) is 11.9 Å². The number of nitrogens with one attached hydrogen (secondary N) is 2. The van der Waals surface area contributed by atoms with Crippen molar-refractivity contribution in [3.63, 3.8) is 0 Å². The van der Waals surface area contributed by atoms with Crippen molar-refractivity contribution in [1.29, 1.82) is 0 Å². The quantitative estimate of drug-likeness (QED) is 0.778. The van der Waals surface area contributed by atoms with Crippen molar-refractivity contribution < 1.29 is 22.4 Å². The fraction of sp³-hybridized carbons (Fsp3) is 0.300. The Morgan fingerprint density at radius 3 is 2.53 bits per heavy atom. The molecule has 7 heteroatoms. The summed E-state index contributed by atoms with van der Waals surface area (Å²) < 4.78 is 48.2. The van der Waals surface area contributed by atoms with E-state index in [1.54, 1.807) is 5.32 Å². The lowest BCUT2D eigenvalue weighted by atomic mass is 10.2. The molecule has 1 rings (SSSR count). The van der Waals surface area contributed by atoms with Gasteiger partial charge in [0, 0.05) is 5.69 Å². The number of carbonyl (C=O) groups is 1. The number of rotatable bonds is 2. The summed E-state index contributed by atoms with van der Waals surface area (Å²) in [6.45, 7) is 0.0626. The van der Waals surface area contributed by atoms with Crippen LogP contribution in [-0.2, 0) is 0 Å². The molecule has 0 aromatic heterocycles. The van der Waals surface area contributed by atoms with E-state index in [-0.39, 0.29) is 5.69 Å². The van der Waals surface area contributed by atoms with E-state index in [9.17, 15) is 22.4 Å². The van der Waals surface area contributed by atoms with Gasteiger partial charge in [0.05, 0.1) is 0 Å². The Labute approximate surface area is 94.8 Å². The van der Waals surface area contributed by atoms with Crippen LogP contribution in [0.2, 0.25) is 0 Å². The fourth-order valence-electron chi connectivity index (χ4n) is 1.08. The zero-order chi connectivity index (χ0) is 13.1. The highest BCUT2D eigenvalue weighted by Crippen LogP contribution is 2.14. The number of hydrogen-bond donors (Lipinski definition) is 2. The van der Waals surface area contributed by atoms with Gasteiger partial charge in [-0.1, -0.05) is 0 Å². The van der Waals surface area contributed by atoms with Crippen molar-refractivity contribution in [3.05, 3.63) is 29.6 Å². The largest absolute Gasteiger partial charge is 0.405 e. The van der Waals surface area contributed by atoms with Crippen molar-refractivity contribution >= 4 is 11.7 Å². The molecule has 0 saturated heterocycles. The minimum Gasteiger partial charge on any atom is -0.329 e. The number of aryl methyl sites for hydroxylation is 1. The number of hydrogen-bond acceptors (Lipinski definition) is 1. The lowest BCUT2D eigenvalue weighted by Gasteiger charge is -2.10. The second-order valence-electron chi connectivity index (χ2n) is 3.39. The highest BCUT2D eigenvalue weighted by atomic mass is 19.4. The van der Waals surface area contributed by atoms with Gasteiger partial charge in [-0.15, -0.1) is 0 Å². The molecule has 0 radical (unpaired) electrons. The van der Waals surface area contributed by atoms with Crippen LogP contribution in [0.15, 0.2) is 18.2 Å². The molecule has 94 valence electrons. The fourth-order valence-corrected chi connectivity index (χ4v) is 1.08. The van der Waals surface area contributed by atoms with E-state index in [0.29, 0.717) is 5.56 Å². The van der Waals surface area contributed by atoms with Crippen molar-refractivity contribution in [2.45, 2.75) is 13.1 Å². The summed E-state index contributed by atoms with van der Waals surface area (Å²) >= 11 is 0. The molecule has 0 heterocycles. The molecule has 0 unspecified atom stereocenters. The first kappa shape index (κ1) is 13.3. The molecule has 0 bridgehead atoms. The normalized spacial score (nSPS) is 11.1. The first-order valence-electron chi connectivity index (χ1n) is 4.66. The van der Waals surface area contributed by atoms with Crippen LogP contribution in [0, 0.1) is 12.7 Å². The summed E-state index contributed by atoms with van der Waals surface area (Å²) in [4.78, 5) is 11.0. The molecule has 1 aromatic carbocycles. The zero-order valence-corrected chi connectivity index (χ0v) is 8.86. The Morgan fingerprint density at radius 1 is 1.35 bits per heavy atom. The van der Waals surface area contributed by atoms with Crippen LogP contribution in [0.5, 0.6) is 0 Å². The molecule has 0 aliphatic heterocycles. The summed E-state index contributed by atoms with van der Waals surface area (Å²) in [7, 11) is 0. The topological polar surface area (TPSA) is 41.1 Å². The molecule has 0 saturated carbocycles. The Bertz CT molecular complexity index is 417. The maximum Gasteiger partial charge on any atom is 0.405 e. The third-order valence-electron chi connectivity index (χ3n) is 1.87. The number of amides is 2. The number of carbonyl (C=O) groups excluding carboxylic acids is 1. The van der Waals surface area contributed by atoms with Gasteiger partial charge in [0.25, 0.3) is 0 Å². The van der Waals surface area contributed by atoms with Gasteiger partial charge >= 0.3 is 12.2 Å². The van der Waals surface area contributed by atoms with Crippen molar-refractivity contribution in [1.82, 2.24) is 5.32 Å². The smallest absolute Gasteiger partial charge is 0.329 e. The third kappa shape index (κ3) is 4.71. The molecular weight excluding hydrogens is 240 g/mol. The van der Waals surface area contributed by atoms with Gasteiger partial charge in [-0.25, -0.2) is 9.18 Å². The summed E-state index contributed by atoms with van der Waals surface area (Å²) in [6.07, 6.45) is -4.46. The van der Waals surface area contributed by atoms with E-state index in [1.807, 2.05) is 0 Å². The van der Waals surface area contributed by atoms with Crippen LogP contribution >= 0.6 is 0 Å². The number of anilines is 1. The highest BCUT2D eigenvalue weighted by molar-refractivity contribution is 5.89. The summed E-state index contributed by atoms with van der Waals surface area (Å²) in [5.74, 6) is -0.453. The Kier molecular flexibility index (Phi) is 3.93.